The van der Waals surface area contributed by atoms with E-state index in [1.54, 1.807) is 17.0 Å². The van der Waals surface area contributed by atoms with Gasteiger partial charge < -0.3 is 9.64 Å². The van der Waals surface area contributed by atoms with Crippen molar-refractivity contribution in [2.24, 2.45) is 0 Å². The van der Waals surface area contributed by atoms with Gasteiger partial charge in [0, 0.05) is 12.5 Å². The Morgan fingerprint density at radius 3 is 2.55 bits per heavy atom. The lowest BCUT2D eigenvalue weighted by Crippen LogP contribution is -2.70. The lowest BCUT2D eigenvalue weighted by molar-refractivity contribution is -0.277. The monoisotopic (exact) mass is 283 g/mol. The van der Waals surface area contributed by atoms with Crippen LogP contribution in [0.15, 0.2) is 30.6 Å². The summed E-state index contributed by atoms with van der Waals surface area (Å²) >= 11 is 0. The minimum atomic E-state index is -4.39. The minimum Gasteiger partial charge on any atom is -0.365 e. The molecule has 1 aromatic heterocycles. The number of rotatable bonds is 2. The molecule has 3 rings (SSSR count). The van der Waals surface area contributed by atoms with Crippen molar-refractivity contribution in [3.63, 3.8) is 0 Å². The van der Waals surface area contributed by atoms with E-state index in [4.69, 9.17) is 4.74 Å². The van der Waals surface area contributed by atoms with Gasteiger partial charge in [-0.3, -0.25) is 0 Å². The highest BCUT2D eigenvalue weighted by atomic mass is 19.4. The van der Waals surface area contributed by atoms with Gasteiger partial charge in [-0.05, 0) is 12.1 Å². The van der Waals surface area contributed by atoms with Gasteiger partial charge in [0.05, 0.1) is 18.6 Å². The Morgan fingerprint density at radius 2 is 1.90 bits per heavy atom. The maximum absolute atomic E-state index is 13.0. The third-order valence-electron chi connectivity index (χ3n) is 3.62. The number of anilines is 1. The van der Waals surface area contributed by atoms with Crippen LogP contribution in [0.3, 0.4) is 0 Å². The lowest BCUT2D eigenvalue weighted by atomic mass is 9.92. The van der Waals surface area contributed by atoms with E-state index in [9.17, 15) is 13.2 Å². The molecule has 0 saturated carbocycles. The van der Waals surface area contributed by atoms with Crippen LogP contribution in [0.4, 0.5) is 19.0 Å². The molecule has 0 radical (unpaired) electrons. The molecule has 1 aromatic carbocycles. The summed E-state index contributed by atoms with van der Waals surface area (Å²) in [5.41, 5.74) is -1.39. The maximum Gasteiger partial charge on any atom is 0.420 e. The van der Waals surface area contributed by atoms with Gasteiger partial charge in [0.1, 0.15) is 12.1 Å². The molecule has 0 bridgehead atoms. The quantitative estimate of drug-likeness (QED) is 0.848. The Morgan fingerprint density at radius 1 is 1.20 bits per heavy atom. The average Bonchev–Trinajstić information content (AvgIpc) is 2.36. The number of fused-ring (bicyclic) bond motifs is 1. The largest absolute Gasteiger partial charge is 0.420 e. The van der Waals surface area contributed by atoms with Crippen LogP contribution < -0.4 is 4.90 Å². The van der Waals surface area contributed by atoms with Crippen LogP contribution in [0, 0.1) is 0 Å². The highest BCUT2D eigenvalue weighted by Crippen LogP contribution is 2.42. The van der Waals surface area contributed by atoms with Crippen molar-refractivity contribution in [3.05, 3.63) is 30.6 Å². The van der Waals surface area contributed by atoms with Gasteiger partial charge in [-0.25, -0.2) is 9.97 Å². The SMILES string of the molecule is COC1(C(F)(F)F)CN(c2ncnc3ccccc23)C1. The van der Waals surface area contributed by atoms with Crippen LogP contribution in [-0.4, -0.2) is 41.9 Å². The van der Waals surface area contributed by atoms with Crippen molar-refractivity contribution >= 4 is 16.7 Å². The fraction of sp³-hybridized carbons (Fsp3) is 0.385. The molecule has 106 valence electrons. The van der Waals surface area contributed by atoms with Crippen LogP contribution in [0.1, 0.15) is 0 Å². The molecule has 1 aliphatic rings. The second-order valence-electron chi connectivity index (χ2n) is 4.77. The van der Waals surface area contributed by atoms with Crippen molar-refractivity contribution in [2.45, 2.75) is 11.8 Å². The summed E-state index contributed by atoms with van der Waals surface area (Å²) in [5.74, 6) is 0.507. The molecule has 7 heteroatoms. The summed E-state index contributed by atoms with van der Waals surface area (Å²) in [5, 5.41) is 0.738. The van der Waals surface area contributed by atoms with Crippen molar-refractivity contribution in [1.82, 2.24) is 9.97 Å². The minimum absolute atomic E-state index is 0.256. The average molecular weight is 283 g/mol. The molecule has 20 heavy (non-hydrogen) atoms. The summed E-state index contributed by atoms with van der Waals surface area (Å²) in [4.78, 5) is 9.76. The third-order valence-corrected chi connectivity index (χ3v) is 3.62. The summed E-state index contributed by atoms with van der Waals surface area (Å²) in [7, 11) is 1.09. The molecule has 0 aliphatic carbocycles. The Labute approximate surface area is 113 Å². The Bertz CT molecular complexity index is 633. The summed E-state index contributed by atoms with van der Waals surface area (Å²) in [6.07, 6.45) is -3.03. The first-order chi connectivity index (χ1) is 9.47. The van der Waals surface area contributed by atoms with E-state index < -0.39 is 11.8 Å². The van der Waals surface area contributed by atoms with Gasteiger partial charge in [-0.1, -0.05) is 12.1 Å². The molecule has 0 unspecified atom stereocenters. The van der Waals surface area contributed by atoms with Crippen molar-refractivity contribution in [2.75, 3.05) is 25.1 Å². The molecule has 1 fully saturated rings. The highest BCUT2D eigenvalue weighted by molar-refractivity contribution is 5.89. The molecule has 0 spiro atoms. The van der Waals surface area contributed by atoms with E-state index in [0.29, 0.717) is 11.3 Å². The van der Waals surface area contributed by atoms with E-state index >= 15 is 0 Å². The van der Waals surface area contributed by atoms with Gasteiger partial charge in [0.2, 0.25) is 0 Å². The summed E-state index contributed by atoms with van der Waals surface area (Å²) < 4.78 is 43.6. The Balaban J connectivity index is 1.93. The topological polar surface area (TPSA) is 38.2 Å². The van der Waals surface area contributed by atoms with E-state index in [0.717, 1.165) is 12.5 Å². The fourth-order valence-electron chi connectivity index (χ4n) is 2.39. The third kappa shape index (κ3) is 1.81. The standard InChI is InChI=1S/C13H12F3N3O/c1-20-12(13(14,15)16)6-19(7-12)11-9-4-2-3-5-10(9)17-8-18-11/h2-5,8H,6-7H2,1H3. The van der Waals surface area contributed by atoms with Crippen LogP contribution in [0.25, 0.3) is 10.9 Å². The first kappa shape index (κ1) is 13.1. The van der Waals surface area contributed by atoms with Gasteiger partial charge in [-0.15, -0.1) is 0 Å². The van der Waals surface area contributed by atoms with Gasteiger partial charge in [-0.2, -0.15) is 13.2 Å². The number of aromatic nitrogens is 2. The molecular formula is C13H12F3N3O. The fourth-order valence-corrected chi connectivity index (χ4v) is 2.39. The lowest BCUT2D eigenvalue weighted by Gasteiger charge is -2.50. The van der Waals surface area contributed by atoms with Crippen molar-refractivity contribution in [3.8, 4) is 0 Å². The van der Waals surface area contributed by atoms with Crippen LogP contribution in [-0.2, 0) is 4.74 Å². The zero-order valence-corrected chi connectivity index (χ0v) is 10.7. The number of nitrogens with zero attached hydrogens (tertiary/aromatic N) is 3. The summed E-state index contributed by atoms with van der Waals surface area (Å²) in [6, 6.07) is 7.23. The van der Waals surface area contributed by atoms with Crippen molar-refractivity contribution in [1.29, 1.82) is 0 Å². The second-order valence-corrected chi connectivity index (χ2v) is 4.77. The first-order valence-corrected chi connectivity index (χ1v) is 6.03. The molecule has 0 atom stereocenters. The molecule has 4 nitrogen and oxygen atoms in total. The number of para-hydroxylation sites is 1. The smallest absolute Gasteiger partial charge is 0.365 e. The molecule has 1 saturated heterocycles. The molecule has 0 amide bonds. The Kier molecular flexibility index (Phi) is 2.82. The predicted octanol–water partition coefficient (Wildman–Crippen LogP) is 2.40. The zero-order valence-electron chi connectivity index (χ0n) is 10.7. The van der Waals surface area contributed by atoms with Crippen LogP contribution >= 0.6 is 0 Å². The number of ether oxygens (including phenoxy) is 1. The van der Waals surface area contributed by atoms with E-state index in [1.807, 2.05) is 12.1 Å². The number of hydrogen-bond acceptors (Lipinski definition) is 4. The van der Waals surface area contributed by atoms with Crippen LogP contribution in [0.5, 0.6) is 0 Å². The van der Waals surface area contributed by atoms with E-state index in [1.165, 1.54) is 6.33 Å². The number of benzene rings is 1. The maximum atomic E-state index is 13.0. The first-order valence-electron chi connectivity index (χ1n) is 6.03. The van der Waals surface area contributed by atoms with Gasteiger partial charge in [0.15, 0.2) is 5.60 Å². The normalized spacial score (nSPS) is 18.1. The zero-order chi connectivity index (χ0) is 14.4. The van der Waals surface area contributed by atoms with Gasteiger partial charge in [0.25, 0.3) is 0 Å². The number of alkyl halides is 3. The van der Waals surface area contributed by atoms with E-state index in [-0.39, 0.29) is 13.1 Å². The molecule has 2 heterocycles. The molecule has 1 aliphatic heterocycles. The summed E-state index contributed by atoms with van der Waals surface area (Å²) in [6.45, 7) is -0.512. The second kappa shape index (κ2) is 4.31. The van der Waals surface area contributed by atoms with E-state index in [2.05, 4.69) is 9.97 Å². The van der Waals surface area contributed by atoms with Gasteiger partial charge >= 0.3 is 6.18 Å². The van der Waals surface area contributed by atoms with Crippen molar-refractivity contribution < 1.29 is 17.9 Å². The number of methoxy groups -OCH3 is 1. The molecule has 0 N–H and O–H groups in total. The predicted molar refractivity (Wildman–Crippen MR) is 67.5 cm³/mol. The number of hydrogen-bond donors (Lipinski definition) is 0. The van der Waals surface area contributed by atoms with Crippen LogP contribution in [0.2, 0.25) is 0 Å². The molecular weight excluding hydrogens is 271 g/mol. The Hall–Kier alpha value is -1.89. The molecule has 2 aromatic rings. The highest BCUT2D eigenvalue weighted by Gasteiger charge is 2.63. The number of halogens is 3.